The van der Waals surface area contributed by atoms with Gasteiger partial charge in [0.25, 0.3) is 5.56 Å². The summed E-state index contributed by atoms with van der Waals surface area (Å²) in [5, 5.41) is 7.36. The number of carbonyl (C=O) groups excluding carboxylic acids is 1. The molecule has 0 aliphatic carbocycles. The number of aromatic nitrogens is 2. The van der Waals surface area contributed by atoms with E-state index in [1.807, 2.05) is 19.1 Å². The zero-order valence-corrected chi connectivity index (χ0v) is 20.0. The lowest BCUT2D eigenvalue weighted by Gasteiger charge is -2.36. The van der Waals surface area contributed by atoms with Gasteiger partial charge in [-0.2, -0.15) is 5.10 Å². The molecule has 0 radical (unpaired) electrons. The third-order valence-corrected chi connectivity index (χ3v) is 6.81. The molecule has 2 aliphatic heterocycles. The molecule has 8 nitrogen and oxygen atoms in total. The molecule has 0 spiro atoms. The standard InChI is InChI=1S/C25H35FN6O2/c1-2-10-32-24(33)18-21(19-28-32)30-11-7-20(8-12-30)25(34)27-9-13-29-14-16-31(17-15-29)23-6-4-3-5-22(23)26/h3-6,18-20H,2,7-17H2,1H3,(H,27,34). The molecule has 0 unspecified atom stereocenters. The van der Waals surface area contributed by atoms with Gasteiger partial charge in [-0.05, 0) is 31.4 Å². The molecule has 2 fully saturated rings. The number of piperazine rings is 1. The van der Waals surface area contributed by atoms with Gasteiger partial charge in [-0.15, -0.1) is 0 Å². The highest BCUT2D eigenvalue weighted by Crippen LogP contribution is 2.22. The Labute approximate surface area is 200 Å². The highest BCUT2D eigenvalue weighted by Gasteiger charge is 2.26. The van der Waals surface area contributed by atoms with Crippen LogP contribution in [-0.4, -0.2) is 72.9 Å². The average molecular weight is 471 g/mol. The van der Waals surface area contributed by atoms with E-state index < -0.39 is 0 Å². The van der Waals surface area contributed by atoms with Gasteiger partial charge in [0.15, 0.2) is 0 Å². The maximum absolute atomic E-state index is 14.0. The van der Waals surface area contributed by atoms with Crippen molar-refractivity contribution >= 4 is 17.3 Å². The first kappa shape index (κ1) is 24.2. The molecular weight excluding hydrogens is 435 g/mol. The summed E-state index contributed by atoms with van der Waals surface area (Å²) in [5.41, 5.74) is 1.43. The van der Waals surface area contributed by atoms with E-state index in [0.717, 1.165) is 70.8 Å². The van der Waals surface area contributed by atoms with Crippen LogP contribution < -0.4 is 20.7 Å². The fraction of sp³-hybridized carbons (Fsp3) is 0.560. The van der Waals surface area contributed by atoms with Crippen LogP contribution >= 0.6 is 0 Å². The zero-order chi connectivity index (χ0) is 23.9. The molecule has 0 saturated carbocycles. The van der Waals surface area contributed by atoms with Gasteiger partial charge in [-0.3, -0.25) is 14.5 Å². The second kappa shape index (κ2) is 11.5. The van der Waals surface area contributed by atoms with E-state index in [0.29, 0.717) is 18.8 Å². The summed E-state index contributed by atoms with van der Waals surface area (Å²) < 4.78 is 15.5. The van der Waals surface area contributed by atoms with E-state index in [2.05, 4.69) is 25.1 Å². The van der Waals surface area contributed by atoms with E-state index in [1.54, 1.807) is 18.3 Å². The molecule has 2 aromatic rings. The fourth-order valence-corrected chi connectivity index (χ4v) is 4.78. The molecule has 1 N–H and O–H groups in total. The van der Waals surface area contributed by atoms with Crippen molar-refractivity contribution in [2.75, 3.05) is 62.2 Å². The topological polar surface area (TPSA) is 73.7 Å². The van der Waals surface area contributed by atoms with Crippen LogP contribution in [0.5, 0.6) is 0 Å². The molecule has 1 aromatic heterocycles. The van der Waals surface area contributed by atoms with E-state index in [4.69, 9.17) is 0 Å². The minimum Gasteiger partial charge on any atom is -0.370 e. The number of para-hydroxylation sites is 1. The number of hydrogen-bond donors (Lipinski definition) is 1. The number of halogens is 1. The van der Waals surface area contributed by atoms with Gasteiger partial charge in [-0.1, -0.05) is 19.1 Å². The Morgan fingerprint density at radius 2 is 1.79 bits per heavy atom. The van der Waals surface area contributed by atoms with Crippen LogP contribution in [0.1, 0.15) is 26.2 Å². The van der Waals surface area contributed by atoms with Crippen molar-refractivity contribution in [3.05, 3.63) is 52.7 Å². The molecule has 3 heterocycles. The first-order valence-corrected chi connectivity index (χ1v) is 12.4. The molecule has 2 saturated heterocycles. The SMILES string of the molecule is CCCn1ncc(N2CCC(C(=O)NCCN3CCN(c4ccccc4F)CC3)CC2)cc1=O. The number of anilines is 2. The normalized spacial score (nSPS) is 17.7. The summed E-state index contributed by atoms with van der Waals surface area (Å²) in [7, 11) is 0. The second-order valence-electron chi connectivity index (χ2n) is 9.11. The Bertz CT molecular complexity index is 1010. The minimum atomic E-state index is -0.175. The van der Waals surface area contributed by atoms with Crippen molar-refractivity contribution < 1.29 is 9.18 Å². The number of rotatable bonds is 8. The van der Waals surface area contributed by atoms with E-state index >= 15 is 0 Å². The number of nitrogens with zero attached hydrogens (tertiary/aromatic N) is 5. The predicted molar refractivity (Wildman–Crippen MR) is 132 cm³/mol. The summed E-state index contributed by atoms with van der Waals surface area (Å²) in [4.78, 5) is 31.4. The van der Waals surface area contributed by atoms with Crippen molar-refractivity contribution in [2.24, 2.45) is 5.92 Å². The second-order valence-corrected chi connectivity index (χ2v) is 9.11. The number of amides is 1. The third-order valence-electron chi connectivity index (χ3n) is 6.81. The summed E-state index contributed by atoms with van der Waals surface area (Å²) >= 11 is 0. The van der Waals surface area contributed by atoms with Crippen LogP contribution in [0.25, 0.3) is 0 Å². The van der Waals surface area contributed by atoms with Crippen molar-refractivity contribution in [3.63, 3.8) is 0 Å². The molecule has 1 amide bonds. The quantitative estimate of drug-likeness (QED) is 0.636. The van der Waals surface area contributed by atoms with Crippen molar-refractivity contribution in [1.82, 2.24) is 20.0 Å². The number of benzene rings is 1. The smallest absolute Gasteiger partial charge is 0.268 e. The number of hydrogen-bond acceptors (Lipinski definition) is 6. The Balaban J connectivity index is 1.16. The first-order chi connectivity index (χ1) is 16.5. The summed E-state index contributed by atoms with van der Waals surface area (Å²) in [6.07, 6.45) is 4.16. The highest BCUT2D eigenvalue weighted by atomic mass is 19.1. The molecule has 0 atom stereocenters. The van der Waals surface area contributed by atoms with Gasteiger partial charge in [0.1, 0.15) is 5.82 Å². The first-order valence-electron chi connectivity index (χ1n) is 12.4. The Hall–Kier alpha value is -2.94. The van der Waals surface area contributed by atoms with Gasteiger partial charge in [0, 0.05) is 70.9 Å². The van der Waals surface area contributed by atoms with Crippen LogP contribution in [0, 0.1) is 11.7 Å². The molecular formula is C25H35FN6O2. The van der Waals surface area contributed by atoms with Crippen LogP contribution in [0.2, 0.25) is 0 Å². The molecule has 4 rings (SSSR count). The lowest BCUT2D eigenvalue weighted by molar-refractivity contribution is -0.125. The molecule has 34 heavy (non-hydrogen) atoms. The number of carbonyl (C=O) groups is 1. The van der Waals surface area contributed by atoms with Gasteiger partial charge in [0.2, 0.25) is 5.91 Å². The zero-order valence-electron chi connectivity index (χ0n) is 20.0. The van der Waals surface area contributed by atoms with Crippen molar-refractivity contribution in [2.45, 2.75) is 32.7 Å². The average Bonchev–Trinajstić information content (AvgIpc) is 2.86. The Morgan fingerprint density at radius 3 is 2.47 bits per heavy atom. The largest absolute Gasteiger partial charge is 0.370 e. The van der Waals surface area contributed by atoms with E-state index in [-0.39, 0.29) is 23.2 Å². The molecule has 1 aromatic carbocycles. The third kappa shape index (κ3) is 5.94. The van der Waals surface area contributed by atoms with Gasteiger partial charge < -0.3 is 15.1 Å². The summed E-state index contributed by atoms with van der Waals surface area (Å²) in [5.74, 6) is -0.0601. The van der Waals surface area contributed by atoms with Crippen LogP contribution in [0.15, 0.2) is 41.3 Å². The lowest BCUT2D eigenvalue weighted by atomic mass is 9.95. The minimum absolute atomic E-state index is 0.00238. The fourth-order valence-electron chi connectivity index (χ4n) is 4.78. The Kier molecular flexibility index (Phi) is 8.16. The van der Waals surface area contributed by atoms with E-state index in [1.165, 1.54) is 10.7 Å². The summed E-state index contributed by atoms with van der Waals surface area (Å²) in [6.45, 7) is 8.84. The van der Waals surface area contributed by atoms with Crippen LogP contribution in [0.3, 0.4) is 0 Å². The van der Waals surface area contributed by atoms with Gasteiger partial charge in [0.05, 0.1) is 17.6 Å². The lowest BCUT2D eigenvalue weighted by Crippen LogP contribution is -2.49. The van der Waals surface area contributed by atoms with Crippen molar-refractivity contribution in [3.8, 4) is 0 Å². The highest BCUT2D eigenvalue weighted by molar-refractivity contribution is 5.79. The molecule has 0 bridgehead atoms. The predicted octanol–water partition coefficient (Wildman–Crippen LogP) is 1.95. The maximum Gasteiger partial charge on any atom is 0.268 e. The van der Waals surface area contributed by atoms with Crippen LogP contribution in [0.4, 0.5) is 15.8 Å². The van der Waals surface area contributed by atoms with Crippen LogP contribution in [-0.2, 0) is 11.3 Å². The Morgan fingerprint density at radius 1 is 1.06 bits per heavy atom. The number of aryl methyl sites for hydroxylation is 1. The van der Waals surface area contributed by atoms with E-state index in [9.17, 15) is 14.0 Å². The van der Waals surface area contributed by atoms with Gasteiger partial charge in [-0.25, -0.2) is 9.07 Å². The number of nitrogens with one attached hydrogen (secondary N) is 1. The summed E-state index contributed by atoms with van der Waals surface area (Å²) in [6, 6.07) is 8.56. The molecule has 2 aliphatic rings. The maximum atomic E-state index is 14.0. The van der Waals surface area contributed by atoms with Crippen molar-refractivity contribution in [1.29, 1.82) is 0 Å². The number of piperidine rings is 1. The monoisotopic (exact) mass is 470 g/mol. The molecule has 9 heteroatoms. The molecule has 184 valence electrons. The van der Waals surface area contributed by atoms with Gasteiger partial charge >= 0.3 is 0 Å².